The van der Waals surface area contributed by atoms with Crippen molar-refractivity contribution in [2.75, 3.05) is 18.4 Å². The van der Waals surface area contributed by atoms with E-state index in [1.165, 1.54) is 19.3 Å². The van der Waals surface area contributed by atoms with Gasteiger partial charge in [0.2, 0.25) is 5.91 Å². The van der Waals surface area contributed by atoms with Crippen molar-refractivity contribution in [3.8, 4) is 0 Å². The van der Waals surface area contributed by atoms with Crippen molar-refractivity contribution in [3.05, 3.63) is 12.3 Å². The van der Waals surface area contributed by atoms with Gasteiger partial charge in [0, 0.05) is 26.1 Å². The number of hydrogen-bond donors (Lipinski definition) is 2. The average Bonchev–Trinajstić information content (AvgIpc) is 2.65. The highest BCUT2D eigenvalue weighted by molar-refractivity contribution is 5.99. The third-order valence-electron chi connectivity index (χ3n) is 1.65. The first kappa shape index (κ1) is 11.2. The SMILES string of the molecule is CC(=O)N(CCN)C(=O)Nc1ccon1. The molecule has 1 rings (SSSR count). The fourth-order valence-electron chi connectivity index (χ4n) is 0.985. The van der Waals surface area contributed by atoms with Gasteiger partial charge in [-0.2, -0.15) is 0 Å². The zero-order valence-corrected chi connectivity index (χ0v) is 8.27. The molecule has 0 aliphatic rings. The second-order valence-electron chi connectivity index (χ2n) is 2.77. The second kappa shape index (κ2) is 5.11. The van der Waals surface area contributed by atoms with Crippen LogP contribution in [0.1, 0.15) is 6.92 Å². The fraction of sp³-hybridized carbons (Fsp3) is 0.375. The molecule has 1 heterocycles. The van der Waals surface area contributed by atoms with Crippen molar-refractivity contribution in [2.24, 2.45) is 5.73 Å². The Kier molecular flexibility index (Phi) is 3.81. The van der Waals surface area contributed by atoms with Gasteiger partial charge in [0.1, 0.15) is 6.26 Å². The van der Waals surface area contributed by atoms with E-state index in [9.17, 15) is 9.59 Å². The first-order chi connectivity index (χ1) is 7.15. The molecule has 0 aliphatic carbocycles. The molecular formula is C8H12N4O3. The van der Waals surface area contributed by atoms with Gasteiger partial charge in [0.15, 0.2) is 5.82 Å². The summed E-state index contributed by atoms with van der Waals surface area (Å²) >= 11 is 0. The third kappa shape index (κ3) is 3.06. The lowest BCUT2D eigenvalue weighted by Crippen LogP contribution is -2.41. The van der Waals surface area contributed by atoms with Crippen LogP contribution >= 0.6 is 0 Å². The maximum absolute atomic E-state index is 11.5. The Balaban J connectivity index is 2.60. The molecule has 0 saturated carbocycles. The highest BCUT2D eigenvalue weighted by Gasteiger charge is 2.17. The van der Waals surface area contributed by atoms with E-state index in [1.807, 2.05) is 0 Å². The Bertz CT molecular complexity index is 336. The highest BCUT2D eigenvalue weighted by atomic mass is 16.5. The summed E-state index contributed by atoms with van der Waals surface area (Å²) in [6.45, 7) is 1.67. The number of hydrogen-bond acceptors (Lipinski definition) is 5. The van der Waals surface area contributed by atoms with E-state index < -0.39 is 6.03 Å². The average molecular weight is 212 g/mol. The lowest BCUT2D eigenvalue weighted by molar-refractivity contribution is -0.125. The molecule has 3 amide bonds. The largest absolute Gasteiger partial charge is 0.363 e. The third-order valence-corrected chi connectivity index (χ3v) is 1.65. The van der Waals surface area contributed by atoms with Crippen molar-refractivity contribution in [3.63, 3.8) is 0 Å². The number of rotatable bonds is 3. The zero-order valence-electron chi connectivity index (χ0n) is 8.27. The Morgan fingerprint density at radius 1 is 1.67 bits per heavy atom. The van der Waals surface area contributed by atoms with Crippen LogP contribution in [0, 0.1) is 0 Å². The molecule has 15 heavy (non-hydrogen) atoms. The molecule has 0 unspecified atom stereocenters. The van der Waals surface area contributed by atoms with Crippen LogP contribution in [0.5, 0.6) is 0 Å². The number of nitrogens with zero attached hydrogens (tertiary/aromatic N) is 2. The molecule has 0 saturated heterocycles. The molecule has 0 radical (unpaired) electrons. The fourth-order valence-corrected chi connectivity index (χ4v) is 0.985. The smallest absolute Gasteiger partial charge is 0.329 e. The van der Waals surface area contributed by atoms with Gasteiger partial charge in [-0.15, -0.1) is 0 Å². The summed E-state index contributed by atoms with van der Waals surface area (Å²) < 4.78 is 4.52. The summed E-state index contributed by atoms with van der Waals surface area (Å²) in [5.74, 6) is -0.121. The summed E-state index contributed by atoms with van der Waals surface area (Å²) in [5, 5.41) is 5.88. The Morgan fingerprint density at radius 2 is 2.40 bits per heavy atom. The molecule has 7 nitrogen and oxygen atoms in total. The van der Waals surface area contributed by atoms with Gasteiger partial charge in [0.25, 0.3) is 0 Å². The number of anilines is 1. The van der Waals surface area contributed by atoms with Crippen LogP contribution in [0.2, 0.25) is 0 Å². The predicted octanol–water partition coefficient (Wildman–Crippen LogP) is 0.0137. The monoisotopic (exact) mass is 212 g/mol. The van der Waals surface area contributed by atoms with Crippen molar-refractivity contribution in [1.29, 1.82) is 0 Å². The summed E-state index contributed by atoms with van der Waals surface area (Å²) in [6.07, 6.45) is 1.32. The molecule has 0 spiro atoms. The molecule has 0 aromatic carbocycles. The lowest BCUT2D eigenvalue weighted by Gasteiger charge is -2.17. The molecule has 0 bridgehead atoms. The van der Waals surface area contributed by atoms with Gasteiger partial charge in [-0.25, -0.2) is 4.79 Å². The van der Waals surface area contributed by atoms with Crippen LogP contribution in [-0.4, -0.2) is 35.1 Å². The van der Waals surface area contributed by atoms with Crippen molar-refractivity contribution >= 4 is 17.8 Å². The topological polar surface area (TPSA) is 101 Å². The van der Waals surface area contributed by atoms with Crippen molar-refractivity contribution in [2.45, 2.75) is 6.92 Å². The van der Waals surface area contributed by atoms with Crippen LogP contribution in [0.25, 0.3) is 0 Å². The maximum Gasteiger partial charge on any atom is 0.329 e. The van der Waals surface area contributed by atoms with E-state index in [1.54, 1.807) is 0 Å². The number of amides is 3. The quantitative estimate of drug-likeness (QED) is 0.735. The van der Waals surface area contributed by atoms with E-state index in [2.05, 4.69) is 15.0 Å². The first-order valence-corrected chi connectivity index (χ1v) is 4.34. The normalized spacial score (nSPS) is 9.73. The predicted molar refractivity (Wildman–Crippen MR) is 52.0 cm³/mol. The Labute approximate surface area is 86.2 Å². The van der Waals surface area contributed by atoms with E-state index in [0.717, 1.165) is 4.90 Å². The van der Waals surface area contributed by atoms with E-state index in [-0.39, 0.29) is 24.8 Å². The van der Waals surface area contributed by atoms with Gasteiger partial charge in [-0.1, -0.05) is 5.16 Å². The van der Waals surface area contributed by atoms with Crippen molar-refractivity contribution in [1.82, 2.24) is 10.1 Å². The van der Waals surface area contributed by atoms with Gasteiger partial charge in [0.05, 0.1) is 0 Å². The molecule has 1 aromatic rings. The van der Waals surface area contributed by atoms with Gasteiger partial charge in [-0.05, 0) is 0 Å². The number of imide groups is 1. The number of carbonyl (C=O) groups is 2. The van der Waals surface area contributed by atoms with Crippen molar-refractivity contribution < 1.29 is 14.1 Å². The summed E-state index contributed by atoms with van der Waals surface area (Å²) in [6, 6.07) is 0.903. The molecule has 7 heteroatoms. The van der Waals surface area contributed by atoms with Crippen LogP contribution < -0.4 is 11.1 Å². The van der Waals surface area contributed by atoms with Crippen LogP contribution in [-0.2, 0) is 4.79 Å². The number of urea groups is 1. The minimum Gasteiger partial charge on any atom is -0.363 e. The van der Waals surface area contributed by atoms with Gasteiger partial charge >= 0.3 is 6.03 Å². The number of aromatic nitrogens is 1. The molecule has 0 aliphatic heterocycles. The standard InChI is InChI=1S/C8H12N4O3/c1-6(13)12(4-3-9)8(14)10-7-2-5-15-11-7/h2,5H,3-4,9H2,1H3,(H,10,11,14). The van der Waals surface area contributed by atoms with Crippen LogP contribution in [0.15, 0.2) is 16.9 Å². The van der Waals surface area contributed by atoms with Crippen LogP contribution in [0.3, 0.4) is 0 Å². The number of carbonyl (C=O) groups excluding carboxylic acids is 2. The maximum atomic E-state index is 11.5. The minimum absolute atomic E-state index is 0.166. The van der Waals surface area contributed by atoms with E-state index in [0.29, 0.717) is 0 Å². The molecule has 0 atom stereocenters. The number of nitrogens with two attached hydrogens (primary N) is 1. The Hall–Kier alpha value is -1.89. The molecular weight excluding hydrogens is 200 g/mol. The molecule has 82 valence electrons. The van der Waals surface area contributed by atoms with Gasteiger partial charge in [-0.3, -0.25) is 15.0 Å². The molecule has 3 N–H and O–H groups in total. The highest BCUT2D eigenvalue weighted by Crippen LogP contribution is 2.03. The minimum atomic E-state index is -0.568. The summed E-state index contributed by atoms with van der Waals surface area (Å²) in [4.78, 5) is 23.6. The summed E-state index contributed by atoms with van der Waals surface area (Å²) in [7, 11) is 0. The van der Waals surface area contributed by atoms with E-state index in [4.69, 9.17) is 5.73 Å². The lowest BCUT2D eigenvalue weighted by atomic mass is 10.5. The van der Waals surface area contributed by atoms with E-state index >= 15 is 0 Å². The second-order valence-corrected chi connectivity index (χ2v) is 2.77. The van der Waals surface area contributed by atoms with Gasteiger partial charge < -0.3 is 10.3 Å². The van der Waals surface area contributed by atoms with Crippen LogP contribution in [0.4, 0.5) is 10.6 Å². The molecule has 1 aromatic heterocycles. The number of nitrogens with one attached hydrogen (secondary N) is 1. The first-order valence-electron chi connectivity index (χ1n) is 4.34. The Morgan fingerprint density at radius 3 is 2.87 bits per heavy atom. The zero-order chi connectivity index (χ0) is 11.3. The summed E-state index contributed by atoms with van der Waals surface area (Å²) in [5.41, 5.74) is 5.27. The molecule has 0 fully saturated rings.